The molecule has 4 aromatic rings. The predicted octanol–water partition coefficient (Wildman–Crippen LogP) is 9.45. The number of rotatable bonds is 15. The number of carboxylic acids is 1. The fraction of sp³-hybridized carbons (Fsp3) is 0.469. The van der Waals surface area contributed by atoms with Gasteiger partial charge in [0.25, 0.3) is 0 Å². The molecule has 0 fully saturated rings. The van der Waals surface area contributed by atoms with Crippen LogP contribution < -0.4 is 0 Å². The fourth-order valence-electron chi connectivity index (χ4n) is 5.58. The molecule has 0 aliphatic carbocycles. The Hall–Kier alpha value is -2.61. The van der Waals surface area contributed by atoms with Gasteiger partial charge in [0.2, 0.25) is 0 Å². The molecule has 0 amide bonds. The molecule has 180 valence electrons. The molecule has 34 heavy (non-hydrogen) atoms. The van der Waals surface area contributed by atoms with Crippen LogP contribution in [-0.2, 0) is 17.6 Å². The summed E-state index contributed by atoms with van der Waals surface area (Å²) in [5, 5.41) is 17.2. The van der Waals surface area contributed by atoms with E-state index in [1.165, 1.54) is 101 Å². The maximum Gasteiger partial charge on any atom is 0.303 e. The fourth-order valence-corrected chi connectivity index (χ4v) is 5.58. The van der Waals surface area contributed by atoms with Crippen molar-refractivity contribution in [1.29, 1.82) is 0 Å². The number of unbranched alkanes of at least 4 members (excludes halogenated alkanes) is 9. The van der Waals surface area contributed by atoms with Gasteiger partial charge >= 0.3 is 5.97 Å². The smallest absolute Gasteiger partial charge is 0.303 e. The molecule has 0 spiro atoms. The zero-order valence-electron chi connectivity index (χ0n) is 20.9. The van der Waals surface area contributed by atoms with Crippen molar-refractivity contribution in [2.45, 2.75) is 96.8 Å². The normalized spacial score (nSPS) is 11.8. The summed E-state index contributed by atoms with van der Waals surface area (Å²) in [6.07, 6.45) is 16.1. The lowest BCUT2D eigenvalue weighted by Crippen LogP contribution is -1.95. The molecule has 0 unspecified atom stereocenters. The molecule has 0 aliphatic heterocycles. The number of benzene rings is 4. The lowest BCUT2D eigenvalue weighted by molar-refractivity contribution is -0.137. The van der Waals surface area contributed by atoms with Crippen molar-refractivity contribution in [2.24, 2.45) is 0 Å². The number of aryl methyl sites for hydroxylation is 2. The van der Waals surface area contributed by atoms with E-state index in [9.17, 15) is 4.79 Å². The maximum atomic E-state index is 10.8. The standard InChI is InChI=1S/C32H40O2/c1-2-3-4-5-6-7-8-10-13-24-16-18-26-21-23-29-25(14-11-9-12-15-30(33)34)17-19-27-20-22-28(24)31(26)32(27)29/h16-23H,2-15H2,1H3,(H,33,34). The maximum absolute atomic E-state index is 10.8. The van der Waals surface area contributed by atoms with Gasteiger partial charge in [0.1, 0.15) is 0 Å². The zero-order chi connectivity index (χ0) is 23.8. The number of carbonyl (C=O) groups is 1. The van der Waals surface area contributed by atoms with E-state index in [4.69, 9.17) is 5.11 Å². The first-order chi connectivity index (χ1) is 16.7. The summed E-state index contributed by atoms with van der Waals surface area (Å²) in [7, 11) is 0. The number of carboxylic acid groups (broad SMARTS) is 1. The van der Waals surface area contributed by atoms with Crippen LogP contribution in [0.15, 0.2) is 48.5 Å². The van der Waals surface area contributed by atoms with Gasteiger partial charge in [0.05, 0.1) is 0 Å². The molecule has 4 rings (SSSR count). The van der Waals surface area contributed by atoms with E-state index in [0.29, 0.717) is 0 Å². The summed E-state index contributed by atoms with van der Waals surface area (Å²) < 4.78 is 0. The van der Waals surface area contributed by atoms with Crippen LogP contribution in [0.4, 0.5) is 0 Å². The van der Waals surface area contributed by atoms with Gasteiger partial charge in [-0.25, -0.2) is 0 Å². The predicted molar refractivity (Wildman–Crippen MR) is 146 cm³/mol. The first-order valence-corrected chi connectivity index (χ1v) is 13.6. The highest BCUT2D eigenvalue weighted by Crippen LogP contribution is 2.38. The van der Waals surface area contributed by atoms with Gasteiger partial charge in [-0.3, -0.25) is 4.79 Å². The third-order valence-corrected chi connectivity index (χ3v) is 7.48. The van der Waals surface area contributed by atoms with Crippen molar-refractivity contribution in [3.05, 3.63) is 59.7 Å². The van der Waals surface area contributed by atoms with Crippen molar-refractivity contribution in [3.8, 4) is 0 Å². The van der Waals surface area contributed by atoms with Crippen LogP contribution in [0.3, 0.4) is 0 Å². The monoisotopic (exact) mass is 456 g/mol. The quantitative estimate of drug-likeness (QED) is 0.143. The number of aliphatic carboxylic acids is 1. The Bertz CT molecular complexity index is 1210. The van der Waals surface area contributed by atoms with Gasteiger partial charge in [-0.15, -0.1) is 0 Å². The molecule has 0 radical (unpaired) electrons. The van der Waals surface area contributed by atoms with E-state index < -0.39 is 5.97 Å². The summed E-state index contributed by atoms with van der Waals surface area (Å²) in [5.41, 5.74) is 2.89. The van der Waals surface area contributed by atoms with Crippen LogP contribution in [0, 0.1) is 0 Å². The average molecular weight is 457 g/mol. The molecule has 4 aromatic carbocycles. The Morgan fingerprint density at radius 2 is 1.03 bits per heavy atom. The van der Waals surface area contributed by atoms with Gasteiger partial charge in [-0.05, 0) is 75.5 Å². The highest BCUT2D eigenvalue weighted by molar-refractivity contribution is 6.24. The Morgan fingerprint density at radius 1 is 0.588 bits per heavy atom. The number of hydrogen-bond donors (Lipinski definition) is 1. The van der Waals surface area contributed by atoms with Crippen LogP contribution in [0.25, 0.3) is 32.3 Å². The van der Waals surface area contributed by atoms with Crippen molar-refractivity contribution < 1.29 is 9.90 Å². The Kier molecular flexibility index (Phi) is 8.79. The molecule has 0 saturated carbocycles. The van der Waals surface area contributed by atoms with Gasteiger partial charge in [-0.1, -0.05) is 107 Å². The van der Waals surface area contributed by atoms with E-state index in [2.05, 4.69) is 55.5 Å². The van der Waals surface area contributed by atoms with Crippen molar-refractivity contribution in [2.75, 3.05) is 0 Å². The number of hydrogen-bond acceptors (Lipinski definition) is 1. The SMILES string of the molecule is CCCCCCCCCCc1ccc2ccc3c(CCCCCC(=O)O)ccc4ccc1c2c43. The first kappa shape index (κ1) is 24.5. The van der Waals surface area contributed by atoms with Crippen LogP contribution in [0.2, 0.25) is 0 Å². The molecule has 2 heteroatoms. The Labute approximate surface area is 204 Å². The first-order valence-electron chi connectivity index (χ1n) is 13.6. The lowest BCUT2D eigenvalue weighted by Gasteiger charge is -2.16. The molecule has 0 bridgehead atoms. The molecular weight excluding hydrogens is 416 g/mol. The van der Waals surface area contributed by atoms with Gasteiger partial charge in [0.15, 0.2) is 0 Å². The van der Waals surface area contributed by atoms with E-state index in [1.807, 2.05) is 0 Å². The highest BCUT2D eigenvalue weighted by atomic mass is 16.4. The minimum atomic E-state index is -0.689. The van der Waals surface area contributed by atoms with Crippen molar-refractivity contribution >= 4 is 38.3 Å². The lowest BCUT2D eigenvalue weighted by atomic mass is 9.88. The van der Waals surface area contributed by atoms with E-state index in [1.54, 1.807) is 0 Å². The van der Waals surface area contributed by atoms with E-state index in [-0.39, 0.29) is 6.42 Å². The van der Waals surface area contributed by atoms with Gasteiger partial charge in [-0.2, -0.15) is 0 Å². The highest BCUT2D eigenvalue weighted by Gasteiger charge is 2.13. The second-order valence-corrected chi connectivity index (χ2v) is 10.1. The zero-order valence-corrected chi connectivity index (χ0v) is 20.9. The third-order valence-electron chi connectivity index (χ3n) is 7.48. The van der Waals surface area contributed by atoms with E-state index >= 15 is 0 Å². The average Bonchev–Trinajstić information content (AvgIpc) is 2.85. The molecule has 0 heterocycles. The molecule has 0 atom stereocenters. The van der Waals surface area contributed by atoms with Crippen LogP contribution in [-0.4, -0.2) is 11.1 Å². The third kappa shape index (κ3) is 5.90. The van der Waals surface area contributed by atoms with E-state index in [0.717, 1.165) is 25.7 Å². The Morgan fingerprint density at radius 3 is 1.53 bits per heavy atom. The second kappa shape index (κ2) is 12.2. The van der Waals surface area contributed by atoms with Crippen LogP contribution in [0.5, 0.6) is 0 Å². The van der Waals surface area contributed by atoms with Crippen molar-refractivity contribution in [3.63, 3.8) is 0 Å². The summed E-state index contributed by atoms with van der Waals surface area (Å²) in [5.74, 6) is -0.689. The topological polar surface area (TPSA) is 37.3 Å². The minimum Gasteiger partial charge on any atom is -0.481 e. The molecule has 1 N–H and O–H groups in total. The van der Waals surface area contributed by atoms with Crippen LogP contribution in [0.1, 0.15) is 95.1 Å². The molecule has 0 aliphatic rings. The second-order valence-electron chi connectivity index (χ2n) is 10.1. The Balaban J connectivity index is 1.48. The molecular formula is C32H40O2. The van der Waals surface area contributed by atoms with Crippen molar-refractivity contribution in [1.82, 2.24) is 0 Å². The van der Waals surface area contributed by atoms with Gasteiger partial charge < -0.3 is 5.11 Å². The molecule has 0 aromatic heterocycles. The largest absolute Gasteiger partial charge is 0.481 e. The molecule has 2 nitrogen and oxygen atoms in total. The molecule has 0 saturated heterocycles. The summed E-state index contributed by atoms with van der Waals surface area (Å²) >= 11 is 0. The van der Waals surface area contributed by atoms with Gasteiger partial charge in [0, 0.05) is 6.42 Å². The minimum absolute atomic E-state index is 0.278. The van der Waals surface area contributed by atoms with Crippen LogP contribution >= 0.6 is 0 Å². The summed E-state index contributed by atoms with van der Waals surface area (Å²) in [6.45, 7) is 2.28. The summed E-state index contributed by atoms with van der Waals surface area (Å²) in [4.78, 5) is 10.8. The summed E-state index contributed by atoms with van der Waals surface area (Å²) in [6, 6.07) is 18.5.